The lowest BCUT2D eigenvalue weighted by Gasteiger charge is -2.32. The van der Waals surface area contributed by atoms with Gasteiger partial charge in [-0.3, -0.25) is 0 Å². The van der Waals surface area contributed by atoms with Gasteiger partial charge in [0.05, 0.1) is 21.3 Å². The quantitative estimate of drug-likeness (QED) is 0.257. The third-order valence-corrected chi connectivity index (χ3v) is 9.06. The highest BCUT2D eigenvalue weighted by molar-refractivity contribution is 9.10. The number of benzene rings is 2. The van der Waals surface area contributed by atoms with Gasteiger partial charge in [-0.05, 0) is 52.9 Å². The maximum atomic E-state index is 13.3. The number of aromatic nitrogens is 3. The van der Waals surface area contributed by atoms with E-state index in [0.29, 0.717) is 39.6 Å². The number of hydrogen-bond acceptors (Lipinski definition) is 6. The first-order valence-corrected chi connectivity index (χ1v) is 14.5. The highest BCUT2D eigenvalue weighted by Gasteiger charge is 2.33. The molecule has 1 N–H and O–H groups in total. The van der Waals surface area contributed by atoms with Crippen molar-refractivity contribution in [2.24, 2.45) is 5.92 Å². The molecule has 206 valence electrons. The molecule has 1 saturated heterocycles. The molecule has 8 nitrogen and oxygen atoms in total. The van der Waals surface area contributed by atoms with Crippen LogP contribution in [0.3, 0.4) is 0 Å². The molecule has 0 saturated carbocycles. The van der Waals surface area contributed by atoms with E-state index in [1.165, 1.54) is 16.4 Å². The average molecular weight is 645 g/mol. The monoisotopic (exact) mass is 643 g/mol. The minimum Gasteiger partial charge on any atom is -0.406 e. The molecule has 1 unspecified atom stereocenters. The molecule has 1 fully saturated rings. The van der Waals surface area contributed by atoms with Crippen molar-refractivity contribution in [3.63, 3.8) is 0 Å². The van der Waals surface area contributed by atoms with E-state index in [4.69, 9.17) is 11.6 Å². The Morgan fingerprint density at radius 1 is 1.15 bits per heavy atom. The molecule has 2 aromatic carbocycles. The molecule has 0 bridgehead atoms. The standard InChI is InChI=1S/C25H22BrClF3N5O3S/c26-20-14-32-35-23(12-22(33-24(20)35)19-8-1-2-9-21(19)27)31-13-16-5-4-10-34(15-16)39(36,37)18-7-3-6-17(11-18)38-25(28,29)30/h1-3,6-9,11-12,14,16,31H,4-5,10,13,15H2. The number of rotatable bonds is 7. The summed E-state index contributed by atoms with van der Waals surface area (Å²) in [7, 11) is -4.03. The van der Waals surface area contributed by atoms with E-state index in [1.54, 1.807) is 16.8 Å². The minimum absolute atomic E-state index is 0.0610. The lowest BCUT2D eigenvalue weighted by molar-refractivity contribution is -0.274. The minimum atomic E-state index is -4.92. The summed E-state index contributed by atoms with van der Waals surface area (Å²) >= 11 is 9.88. The van der Waals surface area contributed by atoms with Gasteiger partial charge in [0.25, 0.3) is 0 Å². The zero-order chi connectivity index (χ0) is 27.8. The lowest BCUT2D eigenvalue weighted by atomic mass is 10.00. The SMILES string of the molecule is O=S(=O)(c1cccc(OC(F)(F)F)c1)N1CCCC(CNc2cc(-c3ccccc3Cl)nc3c(Br)cnn23)C1. The molecule has 2 aromatic heterocycles. The Kier molecular flexibility index (Phi) is 7.77. The molecule has 1 atom stereocenters. The van der Waals surface area contributed by atoms with Gasteiger partial charge >= 0.3 is 6.36 Å². The van der Waals surface area contributed by atoms with Gasteiger partial charge in [0.2, 0.25) is 10.0 Å². The molecule has 0 aliphatic carbocycles. The summed E-state index contributed by atoms with van der Waals surface area (Å²) < 4.78 is 72.0. The molecule has 0 spiro atoms. The Morgan fingerprint density at radius 3 is 2.72 bits per heavy atom. The van der Waals surface area contributed by atoms with Crippen LogP contribution in [0.15, 0.2) is 70.2 Å². The van der Waals surface area contributed by atoms with Crippen molar-refractivity contribution < 1.29 is 26.3 Å². The second-order valence-electron chi connectivity index (χ2n) is 9.01. The Hall–Kier alpha value is -2.87. The second-order valence-corrected chi connectivity index (χ2v) is 12.2. The highest BCUT2D eigenvalue weighted by Crippen LogP contribution is 2.32. The molecule has 4 aromatic rings. The normalized spacial score (nSPS) is 16.9. The fraction of sp³-hybridized carbons (Fsp3) is 0.280. The van der Waals surface area contributed by atoms with Crippen molar-refractivity contribution in [2.45, 2.75) is 24.1 Å². The van der Waals surface area contributed by atoms with Gasteiger partial charge in [0, 0.05) is 42.4 Å². The first kappa shape index (κ1) is 27.7. The van der Waals surface area contributed by atoms with Crippen molar-refractivity contribution in [2.75, 3.05) is 25.0 Å². The highest BCUT2D eigenvalue weighted by atomic mass is 79.9. The van der Waals surface area contributed by atoms with Crippen LogP contribution < -0.4 is 10.1 Å². The molecular weight excluding hydrogens is 623 g/mol. The van der Waals surface area contributed by atoms with Crippen molar-refractivity contribution in [3.8, 4) is 17.0 Å². The van der Waals surface area contributed by atoms with E-state index in [0.717, 1.165) is 24.1 Å². The molecule has 1 aliphatic rings. The summed E-state index contributed by atoms with van der Waals surface area (Å²) in [5.41, 5.74) is 1.99. The summed E-state index contributed by atoms with van der Waals surface area (Å²) in [5, 5.41) is 8.31. The van der Waals surface area contributed by atoms with Crippen LogP contribution in [0, 0.1) is 5.92 Å². The fourth-order valence-corrected chi connectivity index (χ4v) is 6.68. The van der Waals surface area contributed by atoms with E-state index in [2.05, 4.69) is 36.1 Å². The summed E-state index contributed by atoms with van der Waals surface area (Å²) in [6, 6.07) is 13.6. The number of anilines is 1. The molecule has 0 radical (unpaired) electrons. The largest absolute Gasteiger partial charge is 0.573 e. The summed E-state index contributed by atoms with van der Waals surface area (Å²) in [6.07, 6.45) is -1.91. The van der Waals surface area contributed by atoms with E-state index < -0.39 is 22.1 Å². The van der Waals surface area contributed by atoms with Crippen LogP contribution in [0.25, 0.3) is 16.9 Å². The van der Waals surface area contributed by atoms with Crippen LogP contribution in [0.1, 0.15) is 12.8 Å². The number of fused-ring (bicyclic) bond motifs is 1. The number of nitrogens with zero attached hydrogens (tertiary/aromatic N) is 4. The molecule has 39 heavy (non-hydrogen) atoms. The predicted octanol–water partition coefficient (Wildman–Crippen LogP) is 6.22. The van der Waals surface area contributed by atoms with Crippen molar-refractivity contribution in [3.05, 3.63) is 70.3 Å². The molecule has 14 heteroatoms. The molecular formula is C25H22BrClF3N5O3S. The second kappa shape index (κ2) is 11.0. The summed E-state index contributed by atoms with van der Waals surface area (Å²) in [5.74, 6) is 0.00641. The lowest BCUT2D eigenvalue weighted by Crippen LogP contribution is -2.41. The summed E-state index contributed by atoms with van der Waals surface area (Å²) in [6.45, 7) is 0.904. The van der Waals surface area contributed by atoms with Crippen molar-refractivity contribution in [1.82, 2.24) is 18.9 Å². The molecule has 1 aliphatic heterocycles. The van der Waals surface area contributed by atoms with Gasteiger partial charge in [-0.2, -0.15) is 13.9 Å². The van der Waals surface area contributed by atoms with Gasteiger partial charge in [-0.15, -0.1) is 13.2 Å². The number of piperidine rings is 1. The average Bonchev–Trinajstić information content (AvgIpc) is 3.27. The number of halogens is 5. The number of alkyl halides is 3. The number of hydrogen-bond donors (Lipinski definition) is 1. The van der Waals surface area contributed by atoms with Crippen LogP contribution >= 0.6 is 27.5 Å². The van der Waals surface area contributed by atoms with E-state index in [-0.39, 0.29) is 23.9 Å². The third-order valence-electron chi connectivity index (χ3n) is 6.31. The molecule has 0 amide bonds. The predicted molar refractivity (Wildman–Crippen MR) is 144 cm³/mol. The van der Waals surface area contributed by atoms with Gasteiger partial charge in [-0.25, -0.2) is 13.4 Å². The summed E-state index contributed by atoms with van der Waals surface area (Å²) in [4.78, 5) is 4.44. The number of sulfonamides is 1. The topological polar surface area (TPSA) is 88.8 Å². The van der Waals surface area contributed by atoms with Crippen LogP contribution in [0.2, 0.25) is 5.02 Å². The smallest absolute Gasteiger partial charge is 0.406 e. The van der Waals surface area contributed by atoms with Gasteiger partial charge < -0.3 is 10.1 Å². The zero-order valence-electron chi connectivity index (χ0n) is 20.2. The Bertz CT molecular complexity index is 1620. The van der Waals surface area contributed by atoms with Crippen LogP contribution in [-0.4, -0.2) is 53.3 Å². The van der Waals surface area contributed by atoms with Gasteiger partial charge in [0.1, 0.15) is 11.6 Å². The number of ether oxygens (including phenoxy) is 1. The zero-order valence-corrected chi connectivity index (χ0v) is 23.4. The Labute approximate surface area is 235 Å². The first-order valence-electron chi connectivity index (χ1n) is 11.9. The van der Waals surface area contributed by atoms with Crippen LogP contribution in [0.4, 0.5) is 19.0 Å². The molecule has 5 rings (SSSR count). The maximum Gasteiger partial charge on any atom is 0.573 e. The Balaban J connectivity index is 1.35. The van der Waals surface area contributed by atoms with Crippen LogP contribution in [-0.2, 0) is 10.0 Å². The number of nitrogens with one attached hydrogen (secondary N) is 1. The Morgan fingerprint density at radius 2 is 1.95 bits per heavy atom. The van der Waals surface area contributed by atoms with Gasteiger partial charge in [0.15, 0.2) is 5.65 Å². The van der Waals surface area contributed by atoms with E-state index >= 15 is 0 Å². The van der Waals surface area contributed by atoms with Crippen molar-refractivity contribution in [1.29, 1.82) is 0 Å². The van der Waals surface area contributed by atoms with E-state index in [1.807, 2.05) is 24.3 Å². The maximum absolute atomic E-state index is 13.3. The third kappa shape index (κ3) is 6.16. The van der Waals surface area contributed by atoms with Crippen LogP contribution in [0.5, 0.6) is 5.75 Å². The fourth-order valence-electron chi connectivity index (χ4n) is 4.51. The molecule has 3 heterocycles. The van der Waals surface area contributed by atoms with Crippen molar-refractivity contribution >= 4 is 49.0 Å². The van der Waals surface area contributed by atoms with Gasteiger partial charge in [-0.1, -0.05) is 35.9 Å². The first-order chi connectivity index (χ1) is 18.5. The van der Waals surface area contributed by atoms with E-state index in [9.17, 15) is 21.6 Å².